The molecule has 0 aromatic carbocycles. The SMILES string of the molecule is CCNc1nc(Cc2nc(C)cs2)nc(CC(C)C)c1Br. The van der Waals surface area contributed by atoms with Crippen LogP contribution in [-0.2, 0) is 12.8 Å². The van der Waals surface area contributed by atoms with Crippen molar-refractivity contribution in [3.8, 4) is 0 Å². The van der Waals surface area contributed by atoms with E-state index in [1.165, 1.54) is 0 Å². The standard InChI is InChI=1S/C15H21BrN4S/c1-5-17-15-14(16)11(6-9(2)3)19-12(20-15)7-13-18-10(4)8-21-13/h8-9H,5-7H2,1-4H3,(H,17,19,20). The predicted octanol–water partition coefficient (Wildman–Crippen LogP) is 4.23. The maximum atomic E-state index is 4.73. The zero-order chi connectivity index (χ0) is 15.4. The van der Waals surface area contributed by atoms with Gasteiger partial charge in [-0.1, -0.05) is 13.8 Å². The predicted molar refractivity (Wildman–Crippen MR) is 92.1 cm³/mol. The minimum Gasteiger partial charge on any atom is -0.369 e. The molecule has 0 bridgehead atoms. The van der Waals surface area contributed by atoms with Crippen molar-refractivity contribution in [3.05, 3.63) is 32.1 Å². The first-order chi connectivity index (χ1) is 9.99. The van der Waals surface area contributed by atoms with Crippen molar-refractivity contribution in [1.29, 1.82) is 0 Å². The van der Waals surface area contributed by atoms with Crippen molar-refractivity contribution in [3.63, 3.8) is 0 Å². The van der Waals surface area contributed by atoms with E-state index in [2.05, 4.69) is 57.4 Å². The van der Waals surface area contributed by atoms with Crippen molar-refractivity contribution in [2.45, 2.75) is 40.5 Å². The number of aromatic nitrogens is 3. The van der Waals surface area contributed by atoms with Crippen LogP contribution in [0.2, 0.25) is 0 Å². The molecule has 2 rings (SSSR count). The molecule has 0 aliphatic rings. The van der Waals surface area contributed by atoms with Gasteiger partial charge in [0.25, 0.3) is 0 Å². The molecule has 2 aromatic rings. The van der Waals surface area contributed by atoms with Crippen LogP contribution in [0.1, 0.15) is 43.0 Å². The minimum absolute atomic E-state index is 0.556. The van der Waals surface area contributed by atoms with Gasteiger partial charge in [0, 0.05) is 17.6 Å². The lowest BCUT2D eigenvalue weighted by atomic mass is 10.1. The van der Waals surface area contributed by atoms with E-state index in [0.29, 0.717) is 12.3 Å². The maximum Gasteiger partial charge on any atom is 0.144 e. The Morgan fingerprint density at radius 1 is 1.29 bits per heavy atom. The van der Waals surface area contributed by atoms with E-state index in [0.717, 1.165) is 45.5 Å². The highest BCUT2D eigenvalue weighted by molar-refractivity contribution is 9.10. The Hall–Kier alpha value is -1.01. The Labute approximate surface area is 138 Å². The van der Waals surface area contributed by atoms with Crippen molar-refractivity contribution >= 4 is 33.1 Å². The molecular weight excluding hydrogens is 348 g/mol. The molecule has 0 saturated heterocycles. The molecule has 0 amide bonds. The number of aryl methyl sites for hydroxylation is 1. The highest BCUT2D eigenvalue weighted by Crippen LogP contribution is 2.26. The van der Waals surface area contributed by atoms with Gasteiger partial charge < -0.3 is 5.32 Å². The number of halogens is 1. The molecule has 0 atom stereocenters. The fourth-order valence-corrected chi connectivity index (χ4v) is 3.30. The molecule has 114 valence electrons. The van der Waals surface area contributed by atoms with Crippen LogP contribution in [0, 0.1) is 12.8 Å². The molecule has 0 radical (unpaired) electrons. The van der Waals surface area contributed by atoms with Crippen LogP contribution in [0.25, 0.3) is 0 Å². The monoisotopic (exact) mass is 368 g/mol. The van der Waals surface area contributed by atoms with Crippen LogP contribution < -0.4 is 5.32 Å². The van der Waals surface area contributed by atoms with E-state index in [9.17, 15) is 0 Å². The molecule has 0 saturated carbocycles. The molecule has 0 aliphatic carbocycles. The summed E-state index contributed by atoms with van der Waals surface area (Å²) in [5.74, 6) is 2.27. The third-order valence-electron chi connectivity index (χ3n) is 2.89. The topological polar surface area (TPSA) is 50.7 Å². The van der Waals surface area contributed by atoms with Crippen LogP contribution in [0.3, 0.4) is 0 Å². The second-order valence-electron chi connectivity index (χ2n) is 5.44. The average Bonchev–Trinajstić information content (AvgIpc) is 2.80. The summed E-state index contributed by atoms with van der Waals surface area (Å²) < 4.78 is 0.983. The normalized spacial score (nSPS) is 11.1. The minimum atomic E-state index is 0.556. The van der Waals surface area contributed by atoms with Crippen molar-refractivity contribution in [2.24, 2.45) is 5.92 Å². The van der Waals surface area contributed by atoms with E-state index in [-0.39, 0.29) is 0 Å². The molecular formula is C15H21BrN4S. The number of nitrogens with zero attached hydrogens (tertiary/aromatic N) is 3. The van der Waals surface area contributed by atoms with Gasteiger partial charge in [0.2, 0.25) is 0 Å². The van der Waals surface area contributed by atoms with Crippen LogP contribution >= 0.6 is 27.3 Å². The lowest BCUT2D eigenvalue weighted by molar-refractivity contribution is 0.629. The summed E-state index contributed by atoms with van der Waals surface area (Å²) in [6.45, 7) is 9.32. The molecule has 0 unspecified atom stereocenters. The zero-order valence-corrected chi connectivity index (χ0v) is 15.3. The fraction of sp³-hybridized carbons (Fsp3) is 0.533. The Kier molecular flexibility index (Phi) is 5.70. The lowest BCUT2D eigenvalue weighted by Gasteiger charge is -2.13. The first-order valence-corrected chi connectivity index (χ1v) is 8.87. The number of nitrogens with one attached hydrogen (secondary N) is 1. The van der Waals surface area contributed by atoms with Gasteiger partial charge in [-0.15, -0.1) is 11.3 Å². The number of thiazole rings is 1. The van der Waals surface area contributed by atoms with E-state index in [1.54, 1.807) is 11.3 Å². The summed E-state index contributed by atoms with van der Waals surface area (Å²) in [5.41, 5.74) is 2.13. The number of anilines is 1. The third-order valence-corrected chi connectivity index (χ3v) is 4.69. The second-order valence-corrected chi connectivity index (χ2v) is 7.17. The van der Waals surface area contributed by atoms with E-state index >= 15 is 0 Å². The summed E-state index contributed by atoms with van der Waals surface area (Å²) in [4.78, 5) is 13.9. The molecule has 0 spiro atoms. The van der Waals surface area contributed by atoms with Gasteiger partial charge in [-0.25, -0.2) is 15.0 Å². The molecule has 4 nitrogen and oxygen atoms in total. The molecule has 6 heteroatoms. The van der Waals surface area contributed by atoms with Gasteiger partial charge in [-0.2, -0.15) is 0 Å². The van der Waals surface area contributed by atoms with Gasteiger partial charge in [0.15, 0.2) is 0 Å². The molecule has 2 aromatic heterocycles. The smallest absolute Gasteiger partial charge is 0.144 e. The molecule has 21 heavy (non-hydrogen) atoms. The lowest BCUT2D eigenvalue weighted by Crippen LogP contribution is -2.10. The van der Waals surface area contributed by atoms with E-state index < -0.39 is 0 Å². The van der Waals surface area contributed by atoms with E-state index in [1.807, 2.05) is 6.92 Å². The van der Waals surface area contributed by atoms with E-state index in [4.69, 9.17) is 4.98 Å². The first-order valence-electron chi connectivity index (χ1n) is 7.19. The van der Waals surface area contributed by atoms with Crippen LogP contribution in [0.15, 0.2) is 9.85 Å². The molecule has 2 heterocycles. The molecule has 1 N–H and O–H groups in total. The van der Waals surface area contributed by atoms with Crippen LogP contribution in [0.4, 0.5) is 5.82 Å². The van der Waals surface area contributed by atoms with Gasteiger partial charge in [0.05, 0.1) is 16.6 Å². The van der Waals surface area contributed by atoms with Crippen molar-refractivity contribution in [1.82, 2.24) is 15.0 Å². The summed E-state index contributed by atoms with van der Waals surface area (Å²) in [6.07, 6.45) is 1.63. The van der Waals surface area contributed by atoms with Crippen molar-refractivity contribution in [2.75, 3.05) is 11.9 Å². The summed E-state index contributed by atoms with van der Waals surface area (Å²) in [7, 11) is 0. The fourth-order valence-electron chi connectivity index (χ4n) is 2.05. The highest BCUT2D eigenvalue weighted by Gasteiger charge is 2.14. The van der Waals surface area contributed by atoms with Gasteiger partial charge in [-0.3, -0.25) is 0 Å². The second kappa shape index (κ2) is 7.31. The quantitative estimate of drug-likeness (QED) is 0.828. The van der Waals surface area contributed by atoms with Crippen LogP contribution in [0.5, 0.6) is 0 Å². The number of hydrogen-bond donors (Lipinski definition) is 1. The number of hydrogen-bond acceptors (Lipinski definition) is 5. The first kappa shape index (κ1) is 16.4. The largest absolute Gasteiger partial charge is 0.369 e. The Balaban J connectivity index is 2.33. The molecule has 0 fully saturated rings. The Morgan fingerprint density at radius 3 is 2.62 bits per heavy atom. The number of rotatable bonds is 6. The molecule has 0 aliphatic heterocycles. The summed E-state index contributed by atoms with van der Waals surface area (Å²) in [5, 5.41) is 6.43. The summed E-state index contributed by atoms with van der Waals surface area (Å²) >= 11 is 5.30. The van der Waals surface area contributed by atoms with Gasteiger partial charge in [-0.05, 0) is 42.1 Å². The van der Waals surface area contributed by atoms with Crippen LogP contribution in [-0.4, -0.2) is 21.5 Å². The average molecular weight is 369 g/mol. The van der Waals surface area contributed by atoms with Gasteiger partial charge >= 0.3 is 0 Å². The highest BCUT2D eigenvalue weighted by atomic mass is 79.9. The Bertz CT molecular complexity index is 610. The Morgan fingerprint density at radius 2 is 2.05 bits per heavy atom. The zero-order valence-electron chi connectivity index (χ0n) is 12.9. The maximum absolute atomic E-state index is 4.73. The van der Waals surface area contributed by atoms with Gasteiger partial charge in [0.1, 0.15) is 16.6 Å². The third kappa shape index (κ3) is 4.48. The van der Waals surface area contributed by atoms with Crippen molar-refractivity contribution < 1.29 is 0 Å². The summed E-state index contributed by atoms with van der Waals surface area (Å²) in [6, 6.07) is 0.